The van der Waals surface area contributed by atoms with Crippen molar-refractivity contribution in [2.24, 2.45) is 5.92 Å². The van der Waals surface area contributed by atoms with E-state index in [1.165, 1.54) is 23.5 Å². The van der Waals surface area contributed by atoms with Gasteiger partial charge in [0.25, 0.3) is 0 Å². The summed E-state index contributed by atoms with van der Waals surface area (Å²) in [6.45, 7) is 1.79. The molecule has 0 spiro atoms. The molecular formula is C15H11NO3S. The van der Waals surface area contributed by atoms with Crippen molar-refractivity contribution in [1.82, 2.24) is 0 Å². The molecule has 2 aromatic rings. The zero-order chi connectivity index (χ0) is 14.5. The van der Waals surface area contributed by atoms with Gasteiger partial charge in [-0.1, -0.05) is 6.07 Å². The van der Waals surface area contributed by atoms with Crippen LogP contribution in [0.1, 0.15) is 21.2 Å². The molecule has 5 heteroatoms. The molecule has 0 aliphatic carbocycles. The Balaban J connectivity index is 2.12. The molecule has 0 aromatic carbocycles. The van der Waals surface area contributed by atoms with Gasteiger partial charge in [-0.05, 0) is 42.7 Å². The minimum atomic E-state index is -1.30. The van der Waals surface area contributed by atoms with Gasteiger partial charge in [-0.25, -0.2) is 0 Å². The molecule has 4 nitrogen and oxygen atoms in total. The number of thiophene rings is 1. The number of furan rings is 1. The zero-order valence-corrected chi connectivity index (χ0v) is 11.5. The Hall–Kier alpha value is -2.45. The molecule has 20 heavy (non-hydrogen) atoms. The fourth-order valence-electron chi connectivity index (χ4n) is 1.62. The van der Waals surface area contributed by atoms with Crippen molar-refractivity contribution >= 4 is 29.0 Å². The van der Waals surface area contributed by atoms with E-state index in [-0.39, 0.29) is 0 Å². The smallest absolute Gasteiger partial charge is 0.197 e. The number of carbonyl (C=O) groups excluding carboxylic acids is 2. The van der Waals surface area contributed by atoms with Crippen LogP contribution in [0.5, 0.6) is 0 Å². The minimum Gasteiger partial charge on any atom is -0.462 e. The summed E-state index contributed by atoms with van der Waals surface area (Å²) < 4.78 is 5.28. The number of nitrogens with zero attached hydrogens (tertiary/aromatic N) is 1. The van der Waals surface area contributed by atoms with E-state index in [4.69, 9.17) is 9.68 Å². The number of hydrogen-bond donors (Lipinski definition) is 0. The predicted octanol–water partition coefficient (Wildman–Crippen LogP) is 3.25. The van der Waals surface area contributed by atoms with Crippen molar-refractivity contribution < 1.29 is 14.0 Å². The molecule has 1 atom stereocenters. The Morgan fingerprint density at radius 2 is 2.20 bits per heavy atom. The van der Waals surface area contributed by atoms with Crippen LogP contribution in [-0.4, -0.2) is 11.6 Å². The number of aryl methyl sites for hydroxylation is 1. The predicted molar refractivity (Wildman–Crippen MR) is 75.2 cm³/mol. The third-order valence-electron chi connectivity index (χ3n) is 2.61. The molecule has 2 rings (SSSR count). The molecular weight excluding hydrogens is 274 g/mol. The summed E-state index contributed by atoms with van der Waals surface area (Å²) in [5.74, 6) is -1.08. The van der Waals surface area contributed by atoms with Crippen molar-refractivity contribution in [1.29, 1.82) is 5.26 Å². The number of Topliss-reactive ketones (excluding diaryl/α,β-unsaturated/α-hetero) is 1. The van der Waals surface area contributed by atoms with Gasteiger partial charge in [0, 0.05) is 0 Å². The fraction of sp³-hybridized carbons (Fsp3) is 0.133. The van der Waals surface area contributed by atoms with E-state index in [2.05, 4.69) is 0 Å². The normalized spacial score (nSPS) is 12.2. The molecule has 100 valence electrons. The van der Waals surface area contributed by atoms with E-state index < -0.39 is 17.5 Å². The van der Waals surface area contributed by atoms with Crippen LogP contribution in [-0.2, 0) is 4.79 Å². The molecule has 0 radical (unpaired) electrons. The number of nitriles is 1. The van der Waals surface area contributed by atoms with Gasteiger partial charge in [0.1, 0.15) is 11.5 Å². The molecule has 0 amide bonds. The van der Waals surface area contributed by atoms with Crippen molar-refractivity contribution in [2.75, 3.05) is 0 Å². The zero-order valence-electron chi connectivity index (χ0n) is 10.7. The standard InChI is InChI=1S/C15H11NO3S/c1-10-4-5-11(19-10)6-7-13(17)12(9-16)15(18)14-3-2-8-20-14/h2-8,12H,1H3/b7-6+/t12-/m0/s1. The Kier molecular flexibility index (Phi) is 4.28. The number of rotatable bonds is 5. The fourth-order valence-corrected chi connectivity index (χ4v) is 2.31. The van der Waals surface area contributed by atoms with Crippen LogP contribution in [0, 0.1) is 24.2 Å². The van der Waals surface area contributed by atoms with Gasteiger partial charge in [-0.3, -0.25) is 9.59 Å². The van der Waals surface area contributed by atoms with Crippen molar-refractivity contribution in [3.63, 3.8) is 0 Å². The van der Waals surface area contributed by atoms with Crippen LogP contribution < -0.4 is 0 Å². The summed E-state index contributed by atoms with van der Waals surface area (Å²) in [5, 5.41) is 10.8. The lowest BCUT2D eigenvalue weighted by Crippen LogP contribution is -2.20. The van der Waals surface area contributed by atoms with E-state index in [0.717, 1.165) is 5.76 Å². The van der Waals surface area contributed by atoms with Gasteiger partial charge in [-0.15, -0.1) is 11.3 Å². The lowest BCUT2D eigenvalue weighted by atomic mass is 9.99. The number of hydrogen-bond acceptors (Lipinski definition) is 5. The lowest BCUT2D eigenvalue weighted by Gasteiger charge is -2.01. The average molecular weight is 285 g/mol. The van der Waals surface area contributed by atoms with Gasteiger partial charge in [0.2, 0.25) is 0 Å². The first kappa shape index (κ1) is 14.0. The van der Waals surface area contributed by atoms with Crippen molar-refractivity contribution in [2.45, 2.75) is 6.92 Å². The third-order valence-corrected chi connectivity index (χ3v) is 3.50. The highest BCUT2D eigenvalue weighted by molar-refractivity contribution is 7.12. The molecule has 0 saturated carbocycles. The second-order valence-electron chi connectivity index (χ2n) is 4.09. The highest BCUT2D eigenvalue weighted by atomic mass is 32.1. The molecule has 0 bridgehead atoms. The molecule has 2 aromatic heterocycles. The van der Waals surface area contributed by atoms with Crippen LogP contribution in [0.25, 0.3) is 6.08 Å². The summed E-state index contributed by atoms with van der Waals surface area (Å²) in [6.07, 6.45) is 2.67. The molecule has 0 saturated heterocycles. The quantitative estimate of drug-likeness (QED) is 0.480. The highest BCUT2D eigenvalue weighted by Gasteiger charge is 2.26. The van der Waals surface area contributed by atoms with Gasteiger partial charge >= 0.3 is 0 Å². The molecule has 0 aliphatic heterocycles. The Bertz CT molecular complexity index is 689. The molecule has 0 aliphatic rings. The topological polar surface area (TPSA) is 71.1 Å². The summed E-state index contributed by atoms with van der Waals surface area (Å²) in [4.78, 5) is 24.3. The van der Waals surface area contributed by atoms with Crippen LogP contribution in [0.15, 0.2) is 40.1 Å². The SMILES string of the molecule is Cc1ccc(/C=C/C(=O)[C@H](C#N)C(=O)c2cccs2)o1. The van der Waals surface area contributed by atoms with Crippen molar-refractivity contribution in [3.8, 4) is 6.07 Å². The minimum absolute atomic E-state index is 0.409. The lowest BCUT2D eigenvalue weighted by molar-refractivity contribution is -0.115. The maximum absolute atomic E-state index is 12.0. The monoisotopic (exact) mass is 285 g/mol. The van der Waals surface area contributed by atoms with Crippen LogP contribution in [0.4, 0.5) is 0 Å². The number of allylic oxidation sites excluding steroid dienone is 1. The van der Waals surface area contributed by atoms with Gasteiger partial charge < -0.3 is 4.42 Å². The van der Waals surface area contributed by atoms with E-state index in [9.17, 15) is 9.59 Å². The van der Waals surface area contributed by atoms with E-state index in [1.54, 1.807) is 42.6 Å². The largest absolute Gasteiger partial charge is 0.462 e. The Labute approximate surface area is 120 Å². The van der Waals surface area contributed by atoms with Crippen LogP contribution in [0.3, 0.4) is 0 Å². The van der Waals surface area contributed by atoms with Gasteiger partial charge in [0.05, 0.1) is 10.9 Å². The molecule has 0 fully saturated rings. The van der Waals surface area contributed by atoms with Gasteiger partial charge in [-0.2, -0.15) is 5.26 Å². The second kappa shape index (κ2) is 6.13. The first-order valence-electron chi connectivity index (χ1n) is 5.87. The third kappa shape index (κ3) is 3.11. The number of carbonyl (C=O) groups is 2. The molecule has 0 unspecified atom stereocenters. The maximum Gasteiger partial charge on any atom is 0.197 e. The Morgan fingerprint density at radius 3 is 2.75 bits per heavy atom. The van der Waals surface area contributed by atoms with Gasteiger partial charge in [0.15, 0.2) is 17.5 Å². The van der Waals surface area contributed by atoms with E-state index in [0.29, 0.717) is 10.6 Å². The summed E-state index contributed by atoms with van der Waals surface area (Å²) in [5.41, 5.74) is 0. The van der Waals surface area contributed by atoms with Crippen molar-refractivity contribution in [3.05, 3.63) is 52.1 Å². The summed E-state index contributed by atoms with van der Waals surface area (Å²) in [6, 6.07) is 8.54. The summed E-state index contributed by atoms with van der Waals surface area (Å²) >= 11 is 1.21. The number of ketones is 2. The second-order valence-corrected chi connectivity index (χ2v) is 5.04. The van der Waals surface area contributed by atoms with E-state index in [1.807, 2.05) is 0 Å². The Morgan fingerprint density at radius 1 is 1.40 bits per heavy atom. The highest BCUT2D eigenvalue weighted by Crippen LogP contribution is 2.16. The molecule has 0 N–H and O–H groups in total. The first-order chi connectivity index (χ1) is 9.61. The maximum atomic E-state index is 12.0. The summed E-state index contributed by atoms with van der Waals surface area (Å²) in [7, 11) is 0. The van der Waals surface area contributed by atoms with Crippen LogP contribution >= 0.6 is 11.3 Å². The van der Waals surface area contributed by atoms with Crippen LogP contribution in [0.2, 0.25) is 0 Å². The first-order valence-corrected chi connectivity index (χ1v) is 6.75. The molecule has 2 heterocycles. The van der Waals surface area contributed by atoms with E-state index >= 15 is 0 Å². The average Bonchev–Trinajstić information content (AvgIpc) is 3.08.